The van der Waals surface area contributed by atoms with E-state index in [4.69, 9.17) is 4.74 Å². The fraction of sp³-hybridized carbons (Fsp3) is 0.333. The van der Waals surface area contributed by atoms with E-state index in [1.54, 1.807) is 12.5 Å². The molecule has 3 N–H and O–H groups in total. The lowest BCUT2D eigenvalue weighted by molar-refractivity contribution is -0.122. The van der Waals surface area contributed by atoms with Crippen LogP contribution in [0.25, 0.3) is 0 Å². The molecule has 142 valence electrons. The van der Waals surface area contributed by atoms with Crippen molar-refractivity contribution in [2.45, 2.75) is 31.8 Å². The molecule has 0 spiro atoms. The topological polar surface area (TPSA) is 109 Å². The molecule has 2 aromatic rings. The first kappa shape index (κ1) is 18.8. The molecule has 1 atom stereocenters. The monoisotopic (exact) mass is 388 g/mol. The van der Waals surface area contributed by atoms with Gasteiger partial charge in [-0.3, -0.25) is 14.4 Å². The number of aromatic nitrogens is 1. The standard InChI is InChI=1S/C18H20N4O4S/c1-26-14-5-3-2-4-11(14)9-19-16(24)8-12-10-27-18(20-12)22-17(25)13-6-7-15(23)21-13/h2-5,10,13H,6-9H2,1H3,(H,19,24)(H,21,23)(H,20,22,25)/t13-/m1/s1. The number of hydrogen-bond acceptors (Lipinski definition) is 6. The third kappa shape index (κ3) is 5.04. The van der Waals surface area contributed by atoms with Gasteiger partial charge in [0, 0.05) is 23.9 Å². The number of thiazole rings is 1. The Morgan fingerprint density at radius 3 is 2.93 bits per heavy atom. The summed E-state index contributed by atoms with van der Waals surface area (Å²) in [6.07, 6.45) is 0.948. The number of rotatable bonds is 7. The summed E-state index contributed by atoms with van der Waals surface area (Å²) in [7, 11) is 1.59. The average Bonchev–Trinajstić information content (AvgIpc) is 3.29. The average molecular weight is 388 g/mol. The van der Waals surface area contributed by atoms with Crippen LogP contribution in [0.4, 0.5) is 5.13 Å². The molecule has 1 fully saturated rings. The van der Waals surface area contributed by atoms with E-state index in [1.807, 2.05) is 24.3 Å². The van der Waals surface area contributed by atoms with E-state index in [-0.39, 0.29) is 24.1 Å². The molecule has 1 aromatic heterocycles. The maximum absolute atomic E-state index is 12.1. The maximum atomic E-state index is 12.1. The molecule has 1 aliphatic heterocycles. The van der Waals surface area contributed by atoms with Crippen LogP contribution >= 0.6 is 11.3 Å². The van der Waals surface area contributed by atoms with Crippen LogP contribution in [-0.2, 0) is 27.3 Å². The van der Waals surface area contributed by atoms with Crippen molar-refractivity contribution in [2.75, 3.05) is 12.4 Å². The van der Waals surface area contributed by atoms with Crippen LogP contribution in [0.3, 0.4) is 0 Å². The Morgan fingerprint density at radius 2 is 2.19 bits per heavy atom. The number of ether oxygens (including phenoxy) is 1. The summed E-state index contributed by atoms with van der Waals surface area (Å²) in [5.74, 6) is 0.131. The largest absolute Gasteiger partial charge is 0.496 e. The van der Waals surface area contributed by atoms with Crippen molar-refractivity contribution in [1.82, 2.24) is 15.6 Å². The third-order valence-electron chi connectivity index (χ3n) is 4.10. The molecule has 3 amide bonds. The number of carbonyl (C=O) groups is 3. The van der Waals surface area contributed by atoms with E-state index in [0.717, 1.165) is 11.3 Å². The zero-order chi connectivity index (χ0) is 19.2. The normalized spacial score (nSPS) is 15.9. The molecular formula is C18H20N4O4S. The van der Waals surface area contributed by atoms with Crippen molar-refractivity contribution in [1.29, 1.82) is 0 Å². The number of anilines is 1. The highest BCUT2D eigenvalue weighted by Crippen LogP contribution is 2.19. The van der Waals surface area contributed by atoms with Gasteiger partial charge in [0.25, 0.3) is 0 Å². The van der Waals surface area contributed by atoms with E-state index in [1.165, 1.54) is 11.3 Å². The van der Waals surface area contributed by atoms with Gasteiger partial charge in [-0.05, 0) is 12.5 Å². The van der Waals surface area contributed by atoms with Gasteiger partial charge in [-0.2, -0.15) is 0 Å². The van der Waals surface area contributed by atoms with Crippen LogP contribution in [0.5, 0.6) is 5.75 Å². The molecule has 0 aliphatic carbocycles. The molecule has 2 heterocycles. The van der Waals surface area contributed by atoms with Crippen LogP contribution in [0, 0.1) is 0 Å². The van der Waals surface area contributed by atoms with E-state index in [2.05, 4.69) is 20.9 Å². The lowest BCUT2D eigenvalue weighted by Crippen LogP contribution is -2.37. The molecular weight excluding hydrogens is 368 g/mol. The van der Waals surface area contributed by atoms with Crippen LogP contribution in [0.15, 0.2) is 29.6 Å². The minimum atomic E-state index is -0.519. The van der Waals surface area contributed by atoms with Gasteiger partial charge in [0.1, 0.15) is 11.8 Å². The van der Waals surface area contributed by atoms with E-state index < -0.39 is 6.04 Å². The van der Waals surface area contributed by atoms with Gasteiger partial charge >= 0.3 is 0 Å². The summed E-state index contributed by atoms with van der Waals surface area (Å²) < 4.78 is 5.26. The molecule has 8 nitrogen and oxygen atoms in total. The van der Waals surface area contributed by atoms with Crippen LogP contribution in [-0.4, -0.2) is 35.9 Å². The summed E-state index contributed by atoms with van der Waals surface area (Å²) in [6, 6.07) is 6.95. The van der Waals surface area contributed by atoms with Crippen molar-refractivity contribution in [2.24, 2.45) is 0 Å². The van der Waals surface area contributed by atoms with Crippen molar-refractivity contribution in [3.8, 4) is 5.75 Å². The number of methoxy groups -OCH3 is 1. The second kappa shape index (κ2) is 8.63. The van der Waals surface area contributed by atoms with Gasteiger partial charge in [-0.1, -0.05) is 18.2 Å². The highest BCUT2D eigenvalue weighted by molar-refractivity contribution is 7.13. The Labute approximate surface area is 160 Å². The number of amides is 3. The molecule has 1 aliphatic rings. The molecule has 0 bridgehead atoms. The van der Waals surface area contributed by atoms with Crippen LogP contribution in [0.2, 0.25) is 0 Å². The Bertz CT molecular complexity index is 851. The second-order valence-corrected chi connectivity index (χ2v) is 6.92. The molecule has 1 saturated heterocycles. The quantitative estimate of drug-likeness (QED) is 0.661. The Kier molecular flexibility index (Phi) is 6.02. The summed E-state index contributed by atoms with van der Waals surface area (Å²) in [5, 5.41) is 10.3. The summed E-state index contributed by atoms with van der Waals surface area (Å²) >= 11 is 1.24. The lowest BCUT2D eigenvalue weighted by Gasteiger charge is -2.09. The first-order valence-electron chi connectivity index (χ1n) is 8.48. The first-order chi connectivity index (χ1) is 13.0. The number of hydrogen-bond donors (Lipinski definition) is 3. The van der Waals surface area contributed by atoms with E-state index in [0.29, 0.717) is 30.2 Å². The van der Waals surface area contributed by atoms with Crippen LogP contribution < -0.4 is 20.7 Å². The number of carbonyl (C=O) groups excluding carboxylic acids is 3. The highest BCUT2D eigenvalue weighted by Gasteiger charge is 2.27. The van der Waals surface area contributed by atoms with Crippen LogP contribution in [0.1, 0.15) is 24.1 Å². The molecule has 0 radical (unpaired) electrons. The molecule has 3 rings (SSSR count). The summed E-state index contributed by atoms with van der Waals surface area (Å²) in [6.45, 7) is 0.359. The molecule has 9 heteroatoms. The van der Waals surface area contributed by atoms with Crippen molar-refractivity contribution in [3.63, 3.8) is 0 Å². The van der Waals surface area contributed by atoms with Crippen molar-refractivity contribution >= 4 is 34.2 Å². The number of para-hydroxylation sites is 1. The first-order valence-corrected chi connectivity index (χ1v) is 9.36. The predicted molar refractivity (Wildman–Crippen MR) is 100 cm³/mol. The number of nitrogens with zero attached hydrogens (tertiary/aromatic N) is 1. The van der Waals surface area contributed by atoms with Crippen molar-refractivity contribution in [3.05, 3.63) is 40.9 Å². The maximum Gasteiger partial charge on any atom is 0.248 e. The van der Waals surface area contributed by atoms with Gasteiger partial charge in [0.2, 0.25) is 17.7 Å². The smallest absolute Gasteiger partial charge is 0.248 e. The minimum absolute atomic E-state index is 0.113. The lowest BCUT2D eigenvalue weighted by atomic mass is 10.2. The van der Waals surface area contributed by atoms with E-state index >= 15 is 0 Å². The molecule has 1 aromatic carbocycles. The van der Waals surface area contributed by atoms with Gasteiger partial charge in [0.05, 0.1) is 19.2 Å². The zero-order valence-electron chi connectivity index (χ0n) is 14.8. The number of benzene rings is 1. The SMILES string of the molecule is COc1ccccc1CNC(=O)Cc1csc(NC(=O)[C@H]2CCC(=O)N2)n1. The Morgan fingerprint density at radius 1 is 1.37 bits per heavy atom. The second-order valence-electron chi connectivity index (χ2n) is 6.06. The van der Waals surface area contributed by atoms with Gasteiger partial charge in [-0.15, -0.1) is 11.3 Å². The number of nitrogens with one attached hydrogen (secondary N) is 3. The fourth-order valence-corrected chi connectivity index (χ4v) is 3.43. The molecule has 0 unspecified atom stereocenters. The molecule has 27 heavy (non-hydrogen) atoms. The van der Waals surface area contributed by atoms with Gasteiger partial charge in [0.15, 0.2) is 5.13 Å². The van der Waals surface area contributed by atoms with Gasteiger partial charge in [-0.25, -0.2) is 4.98 Å². The fourth-order valence-electron chi connectivity index (χ4n) is 2.72. The minimum Gasteiger partial charge on any atom is -0.496 e. The Hall–Kier alpha value is -2.94. The highest BCUT2D eigenvalue weighted by atomic mass is 32.1. The van der Waals surface area contributed by atoms with Gasteiger partial charge < -0.3 is 20.7 Å². The summed E-state index contributed by atoms with van der Waals surface area (Å²) in [5.41, 5.74) is 1.46. The third-order valence-corrected chi connectivity index (χ3v) is 4.91. The van der Waals surface area contributed by atoms with E-state index in [9.17, 15) is 14.4 Å². The Balaban J connectivity index is 1.49. The zero-order valence-corrected chi connectivity index (χ0v) is 15.6. The molecule has 0 saturated carbocycles. The van der Waals surface area contributed by atoms with Crippen molar-refractivity contribution < 1.29 is 19.1 Å². The predicted octanol–water partition coefficient (Wildman–Crippen LogP) is 1.23. The summed E-state index contributed by atoms with van der Waals surface area (Å²) in [4.78, 5) is 39.6.